The largest absolute Gasteiger partial charge is 0.475 e. The molecule has 1 saturated carbocycles. The summed E-state index contributed by atoms with van der Waals surface area (Å²) in [5.41, 5.74) is -0.201. The molecule has 0 unspecified atom stereocenters. The van der Waals surface area contributed by atoms with Gasteiger partial charge in [0.15, 0.2) is 0 Å². The molecule has 0 radical (unpaired) electrons. The van der Waals surface area contributed by atoms with Crippen molar-refractivity contribution in [1.29, 1.82) is 0 Å². The van der Waals surface area contributed by atoms with Crippen LogP contribution in [-0.4, -0.2) is 25.8 Å². The SMILES string of the molecule is O=C(O)c1oc2c(c1C(F)(F)F)-c1nn(Cc3ccccn3)cc1C1(CC1)C2. The average molecular weight is 389 g/mol. The van der Waals surface area contributed by atoms with E-state index in [0.29, 0.717) is 6.54 Å². The second kappa shape index (κ2) is 5.46. The van der Waals surface area contributed by atoms with Gasteiger partial charge in [0, 0.05) is 29.8 Å². The highest BCUT2D eigenvalue weighted by molar-refractivity contribution is 5.91. The maximum atomic E-state index is 13.7. The molecule has 5 rings (SSSR count). The summed E-state index contributed by atoms with van der Waals surface area (Å²) in [4.78, 5) is 15.6. The lowest BCUT2D eigenvalue weighted by Gasteiger charge is -2.20. The molecule has 0 aromatic carbocycles. The molecule has 3 heterocycles. The molecule has 9 heteroatoms. The maximum Gasteiger partial charge on any atom is 0.421 e. The van der Waals surface area contributed by atoms with Crippen molar-refractivity contribution in [2.75, 3.05) is 0 Å². The van der Waals surface area contributed by atoms with Gasteiger partial charge in [0.1, 0.15) is 17.0 Å². The molecule has 1 fully saturated rings. The predicted octanol–water partition coefficient (Wildman–Crippen LogP) is 3.89. The summed E-state index contributed by atoms with van der Waals surface area (Å²) in [5, 5.41) is 13.6. The van der Waals surface area contributed by atoms with Crippen LogP contribution in [0.25, 0.3) is 11.3 Å². The molecule has 0 atom stereocenters. The summed E-state index contributed by atoms with van der Waals surface area (Å²) in [7, 11) is 0. The maximum absolute atomic E-state index is 13.7. The van der Waals surface area contributed by atoms with E-state index in [-0.39, 0.29) is 28.9 Å². The molecule has 144 valence electrons. The molecule has 0 aliphatic heterocycles. The molecule has 1 N–H and O–H groups in total. The van der Waals surface area contributed by atoms with Gasteiger partial charge >= 0.3 is 12.1 Å². The van der Waals surface area contributed by atoms with Crippen LogP contribution >= 0.6 is 0 Å². The number of aromatic carboxylic acids is 1. The minimum absolute atomic E-state index is 0.0535. The Hall–Kier alpha value is -3.10. The van der Waals surface area contributed by atoms with Gasteiger partial charge in [-0.05, 0) is 25.0 Å². The monoisotopic (exact) mass is 389 g/mol. The highest BCUT2D eigenvalue weighted by Gasteiger charge is 2.55. The Bertz CT molecular complexity index is 1100. The van der Waals surface area contributed by atoms with Crippen molar-refractivity contribution in [1.82, 2.24) is 14.8 Å². The van der Waals surface area contributed by atoms with Crippen LogP contribution in [0.1, 0.15) is 46.0 Å². The molecular formula is C19H14F3N3O3. The zero-order valence-electron chi connectivity index (χ0n) is 14.5. The number of aromatic nitrogens is 3. The standard InChI is InChI=1S/C19H14F3N3O3/c20-19(21,22)14-13-12(28-16(14)17(26)27)7-18(4-5-18)11-9-25(24-15(11)13)8-10-3-1-2-6-23-10/h1-3,6,9H,4-5,7-8H2,(H,26,27). The molecule has 0 bridgehead atoms. The van der Waals surface area contributed by atoms with Crippen LogP contribution in [0.4, 0.5) is 13.2 Å². The van der Waals surface area contributed by atoms with Crippen LogP contribution in [-0.2, 0) is 24.6 Å². The molecule has 2 aliphatic rings. The van der Waals surface area contributed by atoms with Gasteiger partial charge in [-0.2, -0.15) is 18.3 Å². The van der Waals surface area contributed by atoms with Crippen LogP contribution in [0.15, 0.2) is 35.0 Å². The first kappa shape index (κ1) is 17.0. The first-order chi connectivity index (χ1) is 13.3. The van der Waals surface area contributed by atoms with Gasteiger partial charge in [0.25, 0.3) is 0 Å². The number of carboxylic acids is 1. The smallest absolute Gasteiger partial charge is 0.421 e. The van der Waals surface area contributed by atoms with Gasteiger partial charge in [0.05, 0.1) is 17.8 Å². The zero-order chi connectivity index (χ0) is 19.7. The molecule has 0 amide bonds. The van der Waals surface area contributed by atoms with E-state index in [0.717, 1.165) is 24.1 Å². The van der Waals surface area contributed by atoms with Crippen LogP contribution < -0.4 is 0 Å². The summed E-state index contributed by atoms with van der Waals surface area (Å²) < 4.78 is 47.9. The summed E-state index contributed by atoms with van der Waals surface area (Å²) in [6.07, 6.45) is 0.393. The zero-order valence-corrected chi connectivity index (χ0v) is 14.5. The number of furan rings is 1. The van der Waals surface area contributed by atoms with Gasteiger partial charge in [-0.25, -0.2) is 4.79 Å². The highest BCUT2D eigenvalue weighted by Crippen LogP contribution is 2.59. The number of alkyl halides is 3. The average Bonchev–Trinajstić information content (AvgIpc) is 3.08. The number of carbonyl (C=O) groups is 1. The van der Waals surface area contributed by atoms with E-state index < -0.39 is 23.5 Å². The third-order valence-corrected chi connectivity index (χ3v) is 5.43. The van der Waals surface area contributed by atoms with Gasteiger partial charge < -0.3 is 9.52 Å². The van der Waals surface area contributed by atoms with Crippen LogP contribution in [0.3, 0.4) is 0 Å². The Balaban J connectivity index is 1.69. The van der Waals surface area contributed by atoms with E-state index in [4.69, 9.17) is 4.42 Å². The van der Waals surface area contributed by atoms with Gasteiger partial charge in [0.2, 0.25) is 5.76 Å². The molecule has 3 aromatic heterocycles. The van der Waals surface area contributed by atoms with E-state index in [2.05, 4.69) is 10.1 Å². The number of rotatable bonds is 3. The Morgan fingerprint density at radius 3 is 2.71 bits per heavy atom. The fourth-order valence-electron chi connectivity index (χ4n) is 4.01. The normalized spacial score (nSPS) is 16.7. The van der Waals surface area contributed by atoms with Crippen molar-refractivity contribution < 1.29 is 27.5 Å². The summed E-state index contributed by atoms with van der Waals surface area (Å²) in [5.74, 6) is -2.75. The predicted molar refractivity (Wildman–Crippen MR) is 89.8 cm³/mol. The molecule has 1 spiro atoms. The quantitative estimate of drug-likeness (QED) is 0.735. The summed E-state index contributed by atoms with van der Waals surface area (Å²) in [6.45, 7) is 0.310. The number of fused-ring (bicyclic) bond motifs is 4. The number of halogens is 3. The molecular weight excluding hydrogens is 375 g/mol. The van der Waals surface area contributed by atoms with Crippen LogP contribution in [0.5, 0.6) is 0 Å². The van der Waals surface area contributed by atoms with E-state index in [1.54, 1.807) is 29.2 Å². The van der Waals surface area contributed by atoms with E-state index in [1.165, 1.54) is 0 Å². The van der Waals surface area contributed by atoms with Crippen molar-refractivity contribution in [3.63, 3.8) is 0 Å². The third-order valence-electron chi connectivity index (χ3n) is 5.43. The molecule has 3 aromatic rings. The minimum atomic E-state index is -4.86. The Labute approximate surface area is 156 Å². The highest BCUT2D eigenvalue weighted by atomic mass is 19.4. The van der Waals surface area contributed by atoms with Crippen molar-refractivity contribution in [2.45, 2.75) is 37.4 Å². The number of hydrogen-bond donors (Lipinski definition) is 1. The number of nitrogens with zero attached hydrogens (tertiary/aromatic N) is 3. The fourth-order valence-corrected chi connectivity index (χ4v) is 4.01. The van der Waals surface area contributed by atoms with Crippen molar-refractivity contribution in [2.24, 2.45) is 0 Å². The molecule has 0 saturated heterocycles. The molecule has 2 aliphatic carbocycles. The second-order valence-corrected chi connectivity index (χ2v) is 7.27. The van der Waals surface area contributed by atoms with E-state index >= 15 is 0 Å². The Morgan fingerprint density at radius 1 is 1.32 bits per heavy atom. The summed E-state index contributed by atoms with van der Waals surface area (Å²) >= 11 is 0. The molecule has 6 nitrogen and oxygen atoms in total. The lowest BCUT2D eigenvalue weighted by Crippen LogP contribution is -2.18. The third kappa shape index (κ3) is 2.45. The second-order valence-electron chi connectivity index (χ2n) is 7.27. The first-order valence-corrected chi connectivity index (χ1v) is 8.73. The van der Waals surface area contributed by atoms with E-state index in [9.17, 15) is 23.1 Å². The lowest BCUT2D eigenvalue weighted by molar-refractivity contribution is -0.138. The van der Waals surface area contributed by atoms with Gasteiger partial charge in [-0.1, -0.05) is 6.07 Å². The topological polar surface area (TPSA) is 81.1 Å². The summed E-state index contributed by atoms with van der Waals surface area (Å²) in [6, 6.07) is 5.40. The minimum Gasteiger partial charge on any atom is -0.475 e. The molecule has 28 heavy (non-hydrogen) atoms. The first-order valence-electron chi connectivity index (χ1n) is 8.73. The Kier molecular flexibility index (Phi) is 3.32. The van der Waals surface area contributed by atoms with E-state index in [1.807, 2.05) is 6.07 Å². The number of hydrogen-bond acceptors (Lipinski definition) is 4. The van der Waals surface area contributed by atoms with Crippen LogP contribution in [0, 0.1) is 0 Å². The number of pyridine rings is 1. The van der Waals surface area contributed by atoms with Gasteiger partial charge in [-0.3, -0.25) is 9.67 Å². The number of carboxylic acid groups (broad SMARTS) is 1. The van der Waals surface area contributed by atoms with Gasteiger partial charge in [-0.15, -0.1) is 0 Å². The Morgan fingerprint density at radius 2 is 2.11 bits per heavy atom. The lowest BCUT2D eigenvalue weighted by atomic mass is 9.82. The van der Waals surface area contributed by atoms with Crippen LogP contribution in [0.2, 0.25) is 0 Å². The van der Waals surface area contributed by atoms with Crippen molar-refractivity contribution in [3.8, 4) is 11.3 Å². The fraction of sp³-hybridized carbons (Fsp3) is 0.316. The van der Waals surface area contributed by atoms with Crippen molar-refractivity contribution in [3.05, 3.63) is 58.9 Å². The van der Waals surface area contributed by atoms with Crippen molar-refractivity contribution >= 4 is 5.97 Å².